The van der Waals surface area contributed by atoms with E-state index in [1.54, 1.807) is 13.8 Å². The van der Waals surface area contributed by atoms with Gasteiger partial charge in [0.1, 0.15) is 5.56 Å². The van der Waals surface area contributed by atoms with Gasteiger partial charge in [-0.3, -0.25) is 9.59 Å². The van der Waals surface area contributed by atoms with Crippen molar-refractivity contribution < 1.29 is 4.79 Å². The molecule has 1 amide bonds. The van der Waals surface area contributed by atoms with Gasteiger partial charge in [0, 0.05) is 12.6 Å². The lowest BCUT2D eigenvalue weighted by Crippen LogP contribution is -2.36. The highest BCUT2D eigenvalue weighted by Gasteiger charge is 2.17. The molecule has 1 atom stereocenters. The van der Waals surface area contributed by atoms with E-state index in [-0.39, 0.29) is 18.2 Å². The van der Waals surface area contributed by atoms with Crippen molar-refractivity contribution in [3.8, 4) is 0 Å². The van der Waals surface area contributed by atoms with E-state index in [1.807, 2.05) is 24.3 Å². The Bertz CT molecular complexity index is 779. The predicted molar refractivity (Wildman–Crippen MR) is 94.1 cm³/mol. The zero-order chi connectivity index (χ0) is 17.9. The summed E-state index contributed by atoms with van der Waals surface area (Å²) in [5, 5.41) is 8.90. The molecule has 0 aliphatic heterocycles. The number of H-pyrrole nitrogens is 1. The molecule has 24 heavy (non-hydrogen) atoms. The highest BCUT2D eigenvalue weighted by molar-refractivity contribution is 5.95. The zero-order valence-corrected chi connectivity index (χ0v) is 14.5. The molecule has 0 fully saturated rings. The number of aromatic amines is 1. The summed E-state index contributed by atoms with van der Waals surface area (Å²) in [6.45, 7) is 7.96. The summed E-state index contributed by atoms with van der Waals surface area (Å²) in [5.41, 5.74) is 9.11. The van der Waals surface area contributed by atoms with Gasteiger partial charge in [0.15, 0.2) is 0 Å². The molecule has 2 aromatic rings. The van der Waals surface area contributed by atoms with E-state index in [4.69, 9.17) is 5.73 Å². The van der Waals surface area contributed by atoms with Crippen molar-refractivity contribution in [3.05, 3.63) is 62.6 Å². The summed E-state index contributed by atoms with van der Waals surface area (Å²) in [5.74, 6) is 0.0214. The molecule has 0 bridgehead atoms. The largest absolute Gasteiger partial charge is 0.350 e. The van der Waals surface area contributed by atoms with Gasteiger partial charge in [-0.05, 0) is 36.5 Å². The van der Waals surface area contributed by atoms with E-state index in [1.165, 1.54) is 5.56 Å². The molecule has 0 aliphatic rings. The fourth-order valence-electron chi connectivity index (χ4n) is 2.44. The molecule has 0 spiro atoms. The van der Waals surface area contributed by atoms with Crippen molar-refractivity contribution in [2.24, 2.45) is 5.73 Å². The quantitative estimate of drug-likeness (QED) is 0.780. The number of amides is 1. The molecule has 1 aromatic carbocycles. The minimum absolute atomic E-state index is 0.0878. The molecule has 0 saturated heterocycles. The fourth-order valence-corrected chi connectivity index (χ4v) is 2.44. The third kappa shape index (κ3) is 3.89. The summed E-state index contributed by atoms with van der Waals surface area (Å²) in [6.07, 6.45) is 0. The van der Waals surface area contributed by atoms with Crippen LogP contribution < -0.4 is 16.6 Å². The number of hydrogen-bond donors (Lipinski definition) is 3. The van der Waals surface area contributed by atoms with Gasteiger partial charge >= 0.3 is 0 Å². The monoisotopic (exact) mass is 328 g/mol. The molecule has 4 N–H and O–H groups in total. The molecule has 6 heteroatoms. The summed E-state index contributed by atoms with van der Waals surface area (Å²) in [6, 6.07) is 7.70. The fraction of sp³-hybridized carbons (Fsp3) is 0.389. The molecule has 1 aromatic heterocycles. The molecule has 2 rings (SSSR count). The van der Waals surface area contributed by atoms with Crippen LogP contribution in [0.15, 0.2) is 29.1 Å². The van der Waals surface area contributed by atoms with Gasteiger partial charge in [-0.15, -0.1) is 0 Å². The van der Waals surface area contributed by atoms with Crippen molar-refractivity contribution in [2.45, 2.75) is 39.7 Å². The second-order valence-electron chi connectivity index (χ2n) is 6.28. The average molecular weight is 328 g/mol. The van der Waals surface area contributed by atoms with Crippen molar-refractivity contribution in [1.82, 2.24) is 15.5 Å². The highest BCUT2D eigenvalue weighted by Crippen LogP contribution is 2.17. The van der Waals surface area contributed by atoms with Gasteiger partial charge in [0.2, 0.25) is 0 Å². The Morgan fingerprint density at radius 1 is 1.21 bits per heavy atom. The van der Waals surface area contributed by atoms with Crippen molar-refractivity contribution >= 4 is 5.91 Å². The first-order chi connectivity index (χ1) is 11.3. The van der Waals surface area contributed by atoms with Gasteiger partial charge < -0.3 is 11.1 Å². The van der Waals surface area contributed by atoms with Crippen LogP contribution in [0.25, 0.3) is 0 Å². The van der Waals surface area contributed by atoms with Crippen LogP contribution in [0, 0.1) is 13.8 Å². The Kier molecular flexibility index (Phi) is 5.51. The molecule has 0 radical (unpaired) electrons. The van der Waals surface area contributed by atoms with Crippen LogP contribution in [0.2, 0.25) is 0 Å². The van der Waals surface area contributed by atoms with E-state index in [9.17, 15) is 9.59 Å². The van der Waals surface area contributed by atoms with Gasteiger partial charge in [-0.1, -0.05) is 38.1 Å². The number of nitrogens with one attached hydrogen (secondary N) is 2. The minimum atomic E-state index is -0.495. The number of hydrogen-bond acceptors (Lipinski definition) is 4. The lowest BCUT2D eigenvalue weighted by molar-refractivity contribution is 0.0948. The second kappa shape index (κ2) is 7.40. The van der Waals surface area contributed by atoms with Crippen LogP contribution in [0.1, 0.15) is 58.5 Å². The summed E-state index contributed by atoms with van der Waals surface area (Å²) >= 11 is 0. The number of benzene rings is 1. The molecular formula is C18H24N4O2. The standard InChI is InChI=1S/C18H24N4O2/c1-10(2)13-5-7-14(8-6-13)15(19)9-20-17(23)16-11(3)12(4)21-22-18(16)24/h5-8,10,15H,9,19H2,1-4H3,(H,20,23)(H,22,24). The molecule has 0 aliphatic carbocycles. The van der Waals surface area contributed by atoms with E-state index in [0.717, 1.165) is 5.56 Å². The lowest BCUT2D eigenvalue weighted by atomic mass is 9.99. The Balaban J connectivity index is 2.06. The molecule has 128 valence electrons. The van der Waals surface area contributed by atoms with Gasteiger partial charge in [-0.25, -0.2) is 5.10 Å². The normalized spacial score (nSPS) is 12.2. The van der Waals surface area contributed by atoms with Crippen molar-refractivity contribution in [2.75, 3.05) is 6.54 Å². The van der Waals surface area contributed by atoms with Gasteiger partial charge in [0.05, 0.1) is 5.69 Å². The van der Waals surface area contributed by atoms with E-state index in [0.29, 0.717) is 17.2 Å². The maximum atomic E-state index is 12.3. The van der Waals surface area contributed by atoms with E-state index < -0.39 is 11.5 Å². The maximum Gasteiger partial charge on any atom is 0.277 e. The van der Waals surface area contributed by atoms with Gasteiger partial charge in [0.25, 0.3) is 11.5 Å². The smallest absolute Gasteiger partial charge is 0.277 e. The Morgan fingerprint density at radius 2 is 1.79 bits per heavy atom. The number of nitrogens with zero attached hydrogens (tertiary/aromatic N) is 1. The number of nitrogens with two attached hydrogens (primary N) is 1. The summed E-state index contributed by atoms with van der Waals surface area (Å²) in [7, 11) is 0. The maximum absolute atomic E-state index is 12.3. The first kappa shape index (κ1) is 17.9. The average Bonchev–Trinajstić information content (AvgIpc) is 2.56. The van der Waals surface area contributed by atoms with Crippen molar-refractivity contribution in [3.63, 3.8) is 0 Å². The van der Waals surface area contributed by atoms with Crippen LogP contribution in [0.5, 0.6) is 0 Å². The first-order valence-electron chi connectivity index (χ1n) is 8.00. The molecular weight excluding hydrogens is 304 g/mol. The number of carbonyl (C=O) groups excluding carboxylic acids is 1. The van der Waals surface area contributed by atoms with Crippen LogP contribution in [0.4, 0.5) is 0 Å². The SMILES string of the molecule is Cc1n[nH]c(=O)c(C(=O)NCC(N)c2ccc(C(C)C)cc2)c1C. The third-order valence-corrected chi connectivity index (χ3v) is 4.21. The Morgan fingerprint density at radius 3 is 2.38 bits per heavy atom. The first-order valence-corrected chi connectivity index (χ1v) is 8.00. The van der Waals surface area contributed by atoms with Crippen LogP contribution in [-0.2, 0) is 0 Å². The number of aromatic nitrogens is 2. The molecule has 1 unspecified atom stereocenters. The van der Waals surface area contributed by atoms with Gasteiger partial charge in [-0.2, -0.15) is 5.10 Å². The Hall–Kier alpha value is -2.47. The minimum Gasteiger partial charge on any atom is -0.350 e. The Labute approximate surface area is 141 Å². The van der Waals surface area contributed by atoms with Crippen LogP contribution in [0.3, 0.4) is 0 Å². The topological polar surface area (TPSA) is 101 Å². The number of aryl methyl sites for hydroxylation is 1. The number of carbonyl (C=O) groups is 1. The van der Waals surface area contributed by atoms with E-state index in [2.05, 4.69) is 29.4 Å². The molecule has 1 heterocycles. The third-order valence-electron chi connectivity index (χ3n) is 4.21. The zero-order valence-electron chi connectivity index (χ0n) is 14.5. The second-order valence-corrected chi connectivity index (χ2v) is 6.28. The molecule has 0 saturated carbocycles. The number of rotatable bonds is 5. The summed E-state index contributed by atoms with van der Waals surface area (Å²) < 4.78 is 0. The van der Waals surface area contributed by atoms with Crippen molar-refractivity contribution in [1.29, 1.82) is 0 Å². The van der Waals surface area contributed by atoms with Crippen LogP contribution in [-0.4, -0.2) is 22.6 Å². The molecule has 6 nitrogen and oxygen atoms in total. The highest BCUT2D eigenvalue weighted by atomic mass is 16.2. The lowest BCUT2D eigenvalue weighted by Gasteiger charge is -2.15. The predicted octanol–water partition coefficient (Wildman–Crippen LogP) is 1.94. The van der Waals surface area contributed by atoms with E-state index >= 15 is 0 Å². The summed E-state index contributed by atoms with van der Waals surface area (Å²) in [4.78, 5) is 24.1. The van der Waals surface area contributed by atoms with Crippen LogP contribution >= 0.6 is 0 Å².